The van der Waals surface area contributed by atoms with Crippen LogP contribution in [0, 0.1) is 0 Å². The van der Waals surface area contributed by atoms with Crippen LogP contribution in [0.1, 0.15) is 0 Å². The summed E-state index contributed by atoms with van der Waals surface area (Å²) in [7, 11) is -5.52. The van der Waals surface area contributed by atoms with Gasteiger partial charge in [0, 0.05) is 19.3 Å². The highest BCUT2D eigenvalue weighted by molar-refractivity contribution is 7.93. The molecule has 0 aliphatic rings. The van der Waals surface area contributed by atoms with E-state index in [4.69, 9.17) is 17.3 Å². The van der Waals surface area contributed by atoms with E-state index in [9.17, 15) is 21.6 Å². The summed E-state index contributed by atoms with van der Waals surface area (Å²) >= 11 is 5.52. The summed E-state index contributed by atoms with van der Waals surface area (Å²) in [6.07, 6.45) is 1.05. The molecule has 0 aliphatic heterocycles. The van der Waals surface area contributed by atoms with Gasteiger partial charge in [-0.15, -0.1) is 0 Å². The maximum Gasteiger partial charge on any atom is 0.516 e. The summed E-state index contributed by atoms with van der Waals surface area (Å²) in [5.41, 5.74) is -0.304. The molecule has 5 nitrogen and oxygen atoms in total. The first kappa shape index (κ1) is 15.0. The van der Waals surface area contributed by atoms with Gasteiger partial charge in [-0.3, -0.25) is 0 Å². The van der Waals surface area contributed by atoms with Crippen LogP contribution in [0.5, 0.6) is 0 Å². The van der Waals surface area contributed by atoms with E-state index < -0.39 is 22.1 Å². The van der Waals surface area contributed by atoms with Crippen molar-refractivity contribution < 1.29 is 21.6 Å². The van der Waals surface area contributed by atoms with Crippen molar-refractivity contribution >= 4 is 27.4 Å². The highest BCUT2D eigenvalue weighted by Gasteiger charge is 2.50. The zero-order valence-electron chi connectivity index (χ0n) is 8.85. The van der Waals surface area contributed by atoms with E-state index in [1.165, 1.54) is 6.07 Å². The Morgan fingerprint density at radius 3 is 2.39 bits per heavy atom. The van der Waals surface area contributed by atoms with Crippen LogP contribution in [-0.4, -0.2) is 32.0 Å². The standard InChI is InChI=1S/C8H9ClF3N3O2S/c9-6-1-2-7(14-5-6)15(4-3-13)18(16,17)8(10,11)12/h1-2,5H,3-4,13H2. The highest BCUT2D eigenvalue weighted by atomic mass is 35.5. The third-order valence-electron chi connectivity index (χ3n) is 1.88. The second kappa shape index (κ2) is 5.29. The lowest BCUT2D eigenvalue weighted by atomic mass is 10.4. The van der Waals surface area contributed by atoms with Crippen molar-refractivity contribution in [1.82, 2.24) is 4.98 Å². The minimum atomic E-state index is -5.52. The van der Waals surface area contributed by atoms with E-state index >= 15 is 0 Å². The maximum absolute atomic E-state index is 12.4. The second-order valence-corrected chi connectivity index (χ2v) is 5.44. The molecule has 10 heteroatoms. The molecule has 0 aromatic carbocycles. The predicted molar refractivity (Wildman–Crippen MR) is 60.6 cm³/mol. The van der Waals surface area contributed by atoms with Crippen molar-refractivity contribution in [3.63, 3.8) is 0 Å². The molecule has 2 N–H and O–H groups in total. The van der Waals surface area contributed by atoms with Crippen molar-refractivity contribution in [3.8, 4) is 0 Å². The molecule has 0 fully saturated rings. The number of halogens is 4. The first-order valence-corrected chi connectivity index (χ1v) is 6.42. The van der Waals surface area contributed by atoms with Crippen molar-refractivity contribution in [2.24, 2.45) is 5.73 Å². The van der Waals surface area contributed by atoms with Crippen molar-refractivity contribution in [1.29, 1.82) is 0 Å². The van der Waals surface area contributed by atoms with Crippen molar-refractivity contribution in [2.75, 3.05) is 17.4 Å². The molecule has 0 amide bonds. The van der Waals surface area contributed by atoms with E-state index in [2.05, 4.69) is 4.98 Å². The van der Waals surface area contributed by atoms with Gasteiger partial charge in [0.15, 0.2) is 0 Å². The number of pyridine rings is 1. The summed E-state index contributed by atoms with van der Waals surface area (Å²) in [6, 6.07) is 2.31. The van der Waals surface area contributed by atoms with Crippen LogP contribution in [0.2, 0.25) is 5.02 Å². The van der Waals surface area contributed by atoms with Crippen LogP contribution in [0.15, 0.2) is 18.3 Å². The molecule has 0 aliphatic carbocycles. The first-order chi connectivity index (χ1) is 8.20. The molecule has 0 saturated heterocycles. The third-order valence-corrected chi connectivity index (χ3v) is 3.64. The van der Waals surface area contributed by atoms with E-state index in [1.54, 1.807) is 0 Å². The molecule has 102 valence electrons. The Balaban J connectivity index is 3.23. The van der Waals surface area contributed by atoms with E-state index in [-0.39, 0.29) is 21.7 Å². The van der Waals surface area contributed by atoms with Gasteiger partial charge in [0.2, 0.25) is 0 Å². The van der Waals surface area contributed by atoms with Gasteiger partial charge in [-0.05, 0) is 12.1 Å². The maximum atomic E-state index is 12.4. The van der Waals surface area contributed by atoms with Gasteiger partial charge in [0.25, 0.3) is 0 Å². The van der Waals surface area contributed by atoms with Crippen LogP contribution in [0.3, 0.4) is 0 Å². The molecular weight excluding hydrogens is 295 g/mol. The van der Waals surface area contributed by atoms with E-state index in [0.717, 1.165) is 12.3 Å². The smallest absolute Gasteiger partial charge is 0.329 e. The summed E-state index contributed by atoms with van der Waals surface area (Å²) in [4.78, 5) is 3.54. The zero-order valence-corrected chi connectivity index (χ0v) is 10.4. The first-order valence-electron chi connectivity index (χ1n) is 4.61. The Hall–Kier alpha value is -1.06. The van der Waals surface area contributed by atoms with Crippen LogP contribution in [0.25, 0.3) is 0 Å². The SMILES string of the molecule is NCCN(c1ccc(Cl)cn1)S(=O)(=O)C(F)(F)F. The van der Waals surface area contributed by atoms with Crippen molar-refractivity contribution in [2.45, 2.75) is 5.51 Å². The van der Waals surface area contributed by atoms with Gasteiger partial charge >= 0.3 is 15.5 Å². The molecule has 0 saturated carbocycles. The second-order valence-electron chi connectivity index (χ2n) is 3.15. The fraction of sp³-hybridized carbons (Fsp3) is 0.375. The summed E-state index contributed by atoms with van der Waals surface area (Å²) < 4.78 is 60.0. The highest BCUT2D eigenvalue weighted by Crippen LogP contribution is 2.29. The Morgan fingerprint density at radius 1 is 1.39 bits per heavy atom. The van der Waals surface area contributed by atoms with E-state index in [1.807, 2.05) is 0 Å². The van der Waals surface area contributed by atoms with Gasteiger partial charge in [-0.1, -0.05) is 11.6 Å². The minimum Gasteiger partial charge on any atom is -0.329 e. The Bertz CT molecular complexity index is 503. The number of aromatic nitrogens is 1. The number of rotatable bonds is 4. The predicted octanol–water partition coefficient (Wildman–Crippen LogP) is 1.35. The number of nitrogens with two attached hydrogens (primary N) is 1. The van der Waals surface area contributed by atoms with Gasteiger partial charge in [-0.25, -0.2) is 9.29 Å². The Morgan fingerprint density at radius 2 is 2.00 bits per heavy atom. The monoisotopic (exact) mass is 303 g/mol. The molecule has 1 heterocycles. The Kier molecular flexibility index (Phi) is 4.41. The van der Waals surface area contributed by atoms with Crippen LogP contribution < -0.4 is 10.0 Å². The lowest BCUT2D eigenvalue weighted by molar-refractivity contribution is -0.0438. The average Bonchev–Trinajstić information content (AvgIpc) is 2.25. The third kappa shape index (κ3) is 3.03. The molecule has 0 unspecified atom stereocenters. The van der Waals surface area contributed by atoms with Crippen LogP contribution in [0.4, 0.5) is 19.0 Å². The fourth-order valence-electron chi connectivity index (χ4n) is 1.12. The molecule has 1 aromatic heterocycles. The summed E-state index contributed by atoms with van der Waals surface area (Å²) in [6.45, 7) is -0.809. The number of hydrogen-bond acceptors (Lipinski definition) is 4. The molecule has 0 atom stereocenters. The fourth-order valence-corrected chi connectivity index (χ4v) is 2.18. The average molecular weight is 304 g/mol. The largest absolute Gasteiger partial charge is 0.516 e. The number of alkyl halides is 3. The summed E-state index contributed by atoms with van der Waals surface area (Å²) in [5, 5.41) is 0.177. The molecule has 1 rings (SSSR count). The van der Waals surface area contributed by atoms with Gasteiger partial charge < -0.3 is 5.73 Å². The molecule has 18 heavy (non-hydrogen) atoms. The quantitative estimate of drug-likeness (QED) is 0.911. The van der Waals surface area contributed by atoms with Gasteiger partial charge in [0.1, 0.15) is 5.82 Å². The molecule has 0 radical (unpaired) electrons. The topological polar surface area (TPSA) is 76.3 Å². The minimum absolute atomic E-state index is 0.101. The van der Waals surface area contributed by atoms with Crippen LogP contribution in [-0.2, 0) is 10.0 Å². The van der Waals surface area contributed by atoms with Gasteiger partial charge in [0.05, 0.1) is 5.02 Å². The normalized spacial score (nSPS) is 12.5. The van der Waals surface area contributed by atoms with Crippen LogP contribution >= 0.6 is 11.6 Å². The summed E-state index contributed by atoms with van der Waals surface area (Å²) in [5.74, 6) is -0.387. The number of nitrogens with zero attached hydrogens (tertiary/aromatic N) is 2. The number of sulfonamides is 1. The molecule has 0 bridgehead atoms. The zero-order chi connectivity index (χ0) is 14.0. The Labute approximate surface area is 106 Å². The lowest BCUT2D eigenvalue weighted by Gasteiger charge is -2.23. The molecule has 0 spiro atoms. The van der Waals surface area contributed by atoms with E-state index in [0.29, 0.717) is 0 Å². The number of hydrogen-bond donors (Lipinski definition) is 1. The molecular formula is C8H9ClF3N3O2S. The molecule has 1 aromatic rings. The van der Waals surface area contributed by atoms with Crippen molar-refractivity contribution in [3.05, 3.63) is 23.4 Å². The number of anilines is 1. The van der Waals surface area contributed by atoms with Gasteiger partial charge in [-0.2, -0.15) is 21.6 Å². The lowest BCUT2D eigenvalue weighted by Crippen LogP contribution is -2.43.